The standard InChI is InChI=1S/C22H22F5NO2/c1-20(2,16-8-7-14(23)10-18(16)30-3)12-21(29,22(25,26)27)11-15-9-13-5-4-6-17(24)19(13)28-15/h4-10,28-29H,11-12H2,1-3H3. The number of hydrogen-bond acceptors (Lipinski definition) is 2. The molecule has 162 valence electrons. The summed E-state index contributed by atoms with van der Waals surface area (Å²) in [5.74, 6) is -1.08. The Hall–Kier alpha value is -2.61. The summed E-state index contributed by atoms with van der Waals surface area (Å²) in [5, 5.41) is 11.2. The SMILES string of the molecule is COc1cc(F)ccc1C(C)(C)CC(O)(Cc1cc2cccc(F)c2[nH]1)C(F)(F)F. The van der Waals surface area contributed by atoms with E-state index in [-0.39, 0.29) is 17.0 Å². The van der Waals surface area contributed by atoms with Crippen LogP contribution in [0.25, 0.3) is 10.9 Å². The van der Waals surface area contributed by atoms with Gasteiger partial charge in [0.1, 0.15) is 17.4 Å². The molecule has 0 saturated carbocycles. The van der Waals surface area contributed by atoms with Crippen LogP contribution < -0.4 is 4.74 Å². The van der Waals surface area contributed by atoms with Gasteiger partial charge in [0.15, 0.2) is 5.60 Å². The molecule has 2 aromatic carbocycles. The van der Waals surface area contributed by atoms with Gasteiger partial charge in [0.25, 0.3) is 0 Å². The minimum absolute atomic E-state index is 0.0526. The van der Waals surface area contributed by atoms with Gasteiger partial charge < -0.3 is 14.8 Å². The second-order valence-electron chi connectivity index (χ2n) is 8.11. The van der Waals surface area contributed by atoms with Crippen LogP contribution in [0, 0.1) is 11.6 Å². The van der Waals surface area contributed by atoms with Crippen molar-refractivity contribution in [3.63, 3.8) is 0 Å². The van der Waals surface area contributed by atoms with Gasteiger partial charge in [-0.1, -0.05) is 32.0 Å². The number of nitrogens with one attached hydrogen (secondary N) is 1. The van der Waals surface area contributed by atoms with Crippen molar-refractivity contribution in [1.82, 2.24) is 4.98 Å². The van der Waals surface area contributed by atoms with E-state index in [2.05, 4.69) is 4.98 Å². The predicted octanol–water partition coefficient (Wildman–Crippen LogP) is 5.66. The fraction of sp³-hybridized carbons (Fsp3) is 0.364. The van der Waals surface area contributed by atoms with Crippen LogP contribution in [0.3, 0.4) is 0 Å². The van der Waals surface area contributed by atoms with Crippen LogP contribution in [0.4, 0.5) is 22.0 Å². The first-order valence-corrected chi connectivity index (χ1v) is 9.25. The first kappa shape index (κ1) is 22.1. The fourth-order valence-electron chi connectivity index (χ4n) is 3.90. The van der Waals surface area contributed by atoms with Gasteiger partial charge in [0.05, 0.1) is 12.6 Å². The van der Waals surface area contributed by atoms with Gasteiger partial charge in [-0.2, -0.15) is 13.2 Å². The Morgan fingerprint density at radius 1 is 1.03 bits per heavy atom. The van der Waals surface area contributed by atoms with Crippen LogP contribution in [0.15, 0.2) is 42.5 Å². The zero-order valence-corrected chi connectivity index (χ0v) is 16.7. The molecule has 0 radical (unpaired) electrons. The Balaban J connectivity index is 1.99. The molecular weight excluding hydrogens is 405 g/mol. The highest BCUT2D eigenvalue weighted by Crippen LogP contribution is 2.45. The van der Waals surface area contributed by atoms with E-state index in [0.29, 0.717) is 10.9 Å². The number of methoxy groups -OCH3 is 1. The monoisotopic (exact) mass is 427 g/mol. The van der Waals surface area contributed by atoms with Crippen LogP contribution >= 0.6 is 0 Å². The van der Waals surface area contributed by atoms with E-state index in [9.17, 15) is 27.1 Å². The first-order valence-electron chi connectivity index (χ1n) is 9.25. The predicted molar refractivity (Wildman–Crippen MR) is 104 cm³/mol. The van der Waals surface area contributed by atoms with Crippen molar-refractivity contribution in [2.24, 2.45) is 0 Å². The first-order chi connectivity index (χ1) is 13.9. The minimum atomic E-state index is -4.96. The summed E-state index contributed by atoms with van der Waals surface area (Å²) in [5.41, 5.74) is -3.88. The molecule has 0 aliphatic rings. The number of ether oxygens (including phenoxy) is 1. The summed E-state index contributed by atoms with van der Waals surface area (Å²) >= 11 is 0. The molecule has 0 fully saturated rings. The van der Waals surface area contributed by atoms with Crippen molar-refractivity contribution in [2.45, 2.75) is 43.9 Å². The number of rotatable bonds is 6. The summed E-state index contributed by atoms with van der Waals surface area (Å²) in [4.78, 5) is 2.64. The van der Waals surface area contributed by atoms with Crippen molar-refractivity contribution < 1.29 is 31.8 Å². The van der Waals surface area contributed by atoms with E-state index in [1.54, 1.807) is 6.07 Å². The molecule has 1 atom stereocenters. The fourth-order valence-corrected chi connectivity index (χ4v) is 3.90. The Morgan fingerprint density at radius 2 is 1.73 bits per heavy atom. The number of hydrogen-bond donors (Lipinski definition) is 2. The normalized spacial score (nSPS) is 14.7. The molecule has 0 aliphatic carbocycles. The minimum Gasteiger partial charge on any atom is -0.496 e. The number of aromatic nitrogens is 1. The molecule has 0 bridgehead atoms. The van der Waals surface area contributed by atoms with Gasteiger partial charge in [0, 0.05) is 29.1 Å². The lowest BCUT2D eigenvalue weighted by Gasteiger charge is -2.38. The average molecular weight is 427 g/mol. The third-order valence-electron chi connectivity index (χ3n) is 5.30. The zero-order chi connectivity index (χ0) is 22.3. The number of aromatic amines is 1. The zero-order valence-electron chi connectivity index (χ0n) is 16.7. The number of aliphatic hydroxyl groups is 1. The lowest BCUT2D eigenvalue weighted by atomic mass is 9.73. The summed E-state index contributed by atoms with van der Waals surface area (Å²) < 4.78 is 74.5. The summed E-state index contributed by atoms with van der Waals surface area (Å²) in [6, 6.07) is 9.18. The maximum Gasteiger partial charge on any atom is 0.417 e. The Labute approximate surface area is 170 Å². The molecule has 1 aromatic heterocycles. The van der Waals surface area contributed by atoms with Crippen molar-refractivity contribution in [2.75, 3.05) is 7.11 Å². The second kappa shape index (κ2) is 7.58. The van der Waals surface area contributed by atoms with Crippen molar-refractivity contribution in [3.8, 4) is 5.75 Å². The van der Waals surface area contributed by atoms with Crippen LogP contribution in [-0.2, 0) is 11.8 Å². The van der Waals surface area contributed by atoms with E-state index >= 15 is 0 Å². The van der Waals surface area contributed by atoms with Gasteiger partial charge in [-0.3, -0.25) is 0 Å². The lowest BCUT2D eigenvalue weighted by Crippen LogP contribution is -2.51. The molecule has 0 aliphatic heterocycles. The molecule has 3 rings (SSSR count). The van der Waals surface area contributed by atoms with E-state index in [4.69, 9.17) is 4.74 Å². The van der Waals surface area contributed by atoms with Crippen LogP contribution in [-0.4, -0.2) is 29.0 Å². The number of alkyl halides is 3. The van der Waals surface area contributed by atoms with Crippen molar-refractivity contribution in [1.29, 1.82) is 0 Å². The molecule has 30 heavy (non-hydrogen) atoms. The summed E-state index contributed by atoms with van der Waals surface area (Å²) in [6.45, 7) is 3.04. The average Bonchev–Trinajstić information content (AvgIpc) is 3.03. The van der Waals surface area contributed by atoms with Crippen LogP contribution in [0.2, 0.25) is 0 Å². The van der Waals surface area contributed by atoms with E-state index < -0.39 is 41.7 Å². The topological polar surface area (TPSA) is 45.2 Å². The molecule has 3 aromatic rings. The smallest absolute Gasteiger partial charge is 0.417 e. The summed E-state index contributed by atoms with van der Waals surface area (Å²) in [7, 11) is 1.29. The Kier molecular flexibility index (Phi) is 5.58. The molecule has 0 saturated heterocycles. The van der Waals surface area contributed by atoms with Gasteiger partial charge in [-0.15, -0.1) is 0 Å². The largest absolute Gasteiger partial charge is 0.496 e. The molecule has 1 heterocycles. The van der Waals surface area contributed by atoms with Crippen LogP contribution in [0.1, 0.15) is 31.5 Å². The van der Waals surface area contributed by atoms with E-state index in [1.165, 1.54) is 45.2 Å². The Morgan fingerprint density at radius 3 is 2.33 bits per heavy atom. The number of benzene rings is 2. The number of H-pyrrole nitrogens is 1. The van der Waals surface area contributed by atoms with Crippen molar-refractivity contribution in [3.05, 3.63) is 65.4 Å². The molecular formula is C22H22F5NO2. The number of fused-ring (bicyclic) bond motifs is 1. The number of halogens is 5. The lowest BCUT2D eigenvalue weighted by molar-refractivity contribution is -0.266. The van der Waals surface area contributed by atoms with Gasteiger partial charge in [0.2, 0.25) is 0 Å². The molecule has 0 amide bonds. The van der Waals surface area contributed by atoms with Gasteiger partial charge >= 0.3 is 6.18 Å². The molecule has 0 spiro atoms. The highest BCUT2D eigenvalue weighted by molar-refractivity contribution is 5.80. The van der Waals surface area contributed by atoms with E-state index in [1.807, 2.05) is 0 Å². The number of para-hydroxylation sites is 1. The highest BCUT2D eigenvalue weighted by Gasteiger charge is 2.56. The maximum atomic E-state index is 14.0. The Bertz CT molecular complexity index is 1060. The molecule has 2 N–H and O–H groups in total. The van der Waals surface area contributed by atoms with Gasteiger partial charge in [-0.05, 0) is 30.0 Å². The quantitative estimate of drug-likeness (QED) is 0.499. The van der Waals surface area contributed by atoms with Crippen LogP contribution in [0.5, 0.6) is 5.75 Å². The van der Waals surface area contributed by atoms with Crippen molar-refractivity contribution >= 4 is 10.9 Å². The third-order valence-corrected chi connectivity index (χ3v) is 5.30. The van der Waals surface area contributed by atoms with Gasteiger partial charge in [-0.25, -0.2) is 8.78 Å². The maximum absolute atomic E-state index is 14.0. The van der Waals surface area contributed by atoms with E-state index in [0.717, 1.165) is 12.1 Å². The molecule has 1 unspecified atom stereocenters. The molecule has 8 heteroatoms. The summed E-state index contributed by atoms with van der Waals surface area (Å²) in [6.07, 6.45) is -6.48. The third kappa shape index (κ3) is 4.14. The highest BCUT2D eigenvalue weighted by atomic mass is 19.4. The molecule has 3 nitrogen and oxygen atoms in total. The second-order valence-corrected chi connectivity index (χ2v) is 8.11.